The summed E-state index contributed by atoms with van der Waals surface area (Å²) in [6.07, 6.45) is 1.23. The third-order valence-electron chi connectivity index (χ3n) is 2.82. The lowest BCUT2D eigenvalue weighted by Gasteiger charge is -2.17. The van der Waals surface area contributed by atoms with E-state index >= 15 is 0 Å². The number of benzene rings is 1. The quantitative estimate of drug-likeness (QED) is 0.535. The average molecular weight is 306 g/mol. The number of amides is 1. The number of hydrogen-bond donors (Lipinski definition) is 2. The van der Waals surface area contributed by atoms with Gasteiger partial charge in [-0.25, -0.2) is 9.59 Å². The van der Waals surface area contributed by atoms with E-state index in [1.807, 2.05) is 30.3 Å². The fourth-order valence-corrected chi connectivity index (χ4v) is 1.69. The largest absolute Gasteiger partial charge is 0.460 e. The molecule has 0 aromatic heterocycles. The van der Waals surface area contributed by atoms with Crippen molar-refractivity contribution < 1.29 is 19.1 Å². The fraction of sp³-hybridized carbons (Fsp3) is 0.375. The van der Waals surface area contributed by atoms with Gasteiger partial charge < -0.3 is 20.1 Å². The minimum Gasteiger partial charge on any atom is -0.460 e. The van der Waals surface area contributed by atoms with E-state index in [2.05, 4.69) is 17.2 Å². The van der Waals surface area contributed by atoms with Gasteiger partial charge >= 0.3 is 12.1 Å². The molecule has 2 N–H and O–H groups in total. The molecule has 1 rings (SSSR count). The minimum atomic E-state index is -0.754. The van der Waals surface area contributed by atoms with E-state index in [4.69, 9.17) is 9.47 Å². The predicted molar refractivity (Wildman–Crippen MR) is 83.3 cm³/mol. The Labute approximate surface area is 130 Å². The predicted octanol–water partition coefficient (Wildman–Crippen LogP) is 1.62. The monoisotopic (exact) mass is 306 g/mol. The molecule has 1 aromatic carbocycles. The number of rotatable bonds is 9. The van der Waals surface area contributed by atoms with Gasteiger partial charge in [0, 0.05) is 0 Å². The molecule has 0 aliphatic rings. The van der Waals surface area contributed by atoms with Crippen molar-refractivity contribution in [1.29, 1.82) is 0 Å². The van der Waals surface area contributed by atoms with E-state index in [-0.39, 0.29) is 13.2 Å². The van der Waals surface area contributed by atoms with Gasteiger partial charge in [0.1, 0.15) is 19.3 Å². The van der Waals surface area contributed by atoms with Crippen molar-refractivity contribution in [2.75, 3.05) is 20.2 Å². The van der Waals surface area contributed by atoms with Crippen molar-refractivity contribution in [2.45, 2.75) is 19.1 Å². The van der Waals surface area contributed by atoms with Crippen LogP contribution in [0.5, 0.6) is 0 Å². The molecule has 0 saturated heterocycles. The molecule has 6 heteroatoms. The van der Waals surface area contributed by atoms with E-state index in [0.717, 1.165) is 5.56 Å². The molecule has 0 saturated carbocycles. The number of esters is 1. The zero-order valence-corrected chi connectivity index (χ0v) is 12.7. The van der Waals surface area contributed by atoms with Crippen LogP contribution in [0.25, 0.3) is 0 Å². The first-order chi connectivity index (χ1) is 10.7. The average Bonchev–Trinajstić information content (AvgIpc) is 2.55. The van der Waals surface area contributed by atoms with Crippen molar-refractivity contribution in [3.63, 3.8) is 0 Å². The Bertz CT molecular complexity index is 476. The second-order valence-electron chi connectivity index (χ2n) is 4.57. The first-order valence-electron chi connectivity index (χ1n) is 7.06. The van der Waals surface area contributed by atoms with Crippen LogP contribution in [0, 0.1) is 0 Å². The summed E-state index contributed by atoms with van der Waals surface area (Å²) in [6, 6.07) is 8.55. The third kappa shape index (κ3) is 6.90. The summed E-state index contributed by atoms with van der Waals surface area (Å²) < 4.78 is 10.1. The van der Waals surface area contributed by atoms with Crippen molar-refractivity contribution >= 4 is 12.1 Å². The SMILES string of the molecule is C=CCOC(=O)C(CCNC)NC(=O)OCc1ccccc1. The maximum absolute atomic E-state index is 11.8. The van der Waals surface area contributed by atoms with Crippen molar-refractivity contribution in [2.24, 2.45) is 0 Å². The molecule has 0 aliphatic carbocycles. The Morgan fingerprint density at radius 2 is 2.00 bits per heavy atom. The highest BCUT2D eigenvalue weighted by molar-refractivity contribution is 5.81. The first kappa shape index (κ1) is 17.7. The first-order valence-corrected chi connectivity index (χ1v) is 7.06. The van der Waals surface area contributed by atoms with E-state index in [9.17, 15) is 9.59 Å². The molecule has 1 amide bonds. The summed E-state index contributed by atoms with van der Waals surface area (Å²) in [4.78, 5) is 23.6. The fourth-order valence-electron chi connectivity index (χ4n) is 1.69. The molecule has 120 valence electrons. The zero-order chi connectivity index (χ0) is 16.2. The van der Waals surface area contributed by atoms with Gasteiger partial charge in [0.15, 0.2) is 0 Å². The molecule has 6 nitrogen and oxygen atoms in total. The molecule has 1 atom stereocenters. The van der Waals surface area contributed by atoms with E-state index in [1.165, 1.54) is 6.08 Å². The molecule has 0 bridgehead atoms. The maximum atomic E-state index is 11.8. The van der Waals surface area contributed by atoms with Crippen LogP contribution in [0.4, 0.5) is 4.79 Å². The normalized spacial score (nSPS) is 11.3. The molecule has 0 fully saturated rings. The van der Waals surface area contributed by atoms with Gasteiger partial charge in [-0.3, -0.25) is 0 Å². The summed E-state index contributed by atoms with van der Waals surface area (Å²) in [5, 5.41) is 5.44. The topological polar surface area (TPSA) is 76.7 Å². The summed E-state index contributed by atoms with van der Waals surface area (Å²) in [7, 11) is 1.76. The second-order valence-corrected chi connectivity index (χ2v) is 4.57. The second kappa shape index (κ2) is 10.4. The third-order valence-corrected chi connectivity index (χ3v) is 2.82. The van der Waals surface area contributed by atoms with Crippen molar-refractivity contribution in [3.05, 3.63) is 48.6 Å². The molecule has 1 unspecified atom stereocenters. The number of hydrogen-bond acceptors (Lipinski definition) is 5. The summed E-state index contributed by atoms with van der Waals surface area (Å²) in [5.74, 6) is -0.508. The molecule has 0 radical (unpaired) electrons. The lowest BCUT2D eigenvalue weighted by Crippen LogP contribution is -2.43. The van der Waals surface area contributed by atoms with Crippen LogP contribution in [-0.2, 0) is 20.9 Å². The molecule has 22 heavy (non-hydrogen) atoms. The lowest BCUT2D eigenvalue weighted by atomic mass is 10.2. The van der Waals surface area contributed by atoms with Gasteiger partial charge in [0.25, 0.3) is 0 Å². The highest BCUT2D eigenvalue weighted by Gasteiger charge is 2.22. The Kier molecular flexibility index (Phi) is 8.37. The number of alkyl carbamates (subject to hydrolysis) is 1. The number of carbonyl (C=O) groups excluding carboxylic acids is 2. The van der Waals surface area contributed by atoms with Gasteiger partial charge in [-0.1, -0.05) is 43.0 Å². The van der Waals surface area contributed by atoms with E-state index < -0.39 is 18.1 Å². The van der Waals surface area contributed by atoms with Crippen LogP contribution in [-0.4, -0.2) is 38.3 Å². The zero-order valence-electron chi connectivity index (χ0n) is 12.7. The number of carbonyl (C=O) groups is 2. The summed E-state index contributed by atoms with van der Waals surface area (Å²) in [5.41, 5.74) is 0.874. The number of nitrogens with one attached hydrogen (secondary N) is 2. The van der Waals surface area contributed by atoms with Crippen LogP contribution >= 0.6 is 0 Å². The Morgan fingerprint density at radius 1 is 1.27 bits per heavy atom. The molecule has 0 spiro atoms. The molecule has 1 aromatic rings. The van der Waals surface area contributed by atoms with Crippen molar-refractivity contribution in [3.8, 4) is 0 Å². The molecule has 0 heterocycles. The Hall–Kier alpha value is -2.34. The standard InChI is InChI=1S/C16H22N2O4/c1-3-11-21-15(19)14(9-10-17-2)18-16(20)22-12-13-7-5-4-6-8-13/h3-8,14,17H,1,9-12H2,2H3,(H,18,20). The van der Waals surface area contributed by atoms with Crippen molar-refractivity contribution in [1.82, 2.24) is 10.6 Å². The maximum Gasteiger partial charge on any atom is 0.408 e. The molecule has 0 aliphatic heterocycles. The van der Waals surface area contributed by atoms with Crippen LogP contribution in [0.1, 0.15) is 12.0 Å². The van der Waals surface area contributed by atoms with Gasteiger partial charge in [-0.05, 0) is 25.6 Å². The minimum absolute atomic E-state index is 0.107. The highest BCUT2D eigenvalue weighted by Crippen LogP contribution is 2.02. The van der Waals surface area contributed by atoms with Crippen LogP contribution in [0.15, 0.2) is 43.0 Å². The lowest BCUT2D eigenvalue weighted by molar-refractivity contribution is -0.144. The van der Waals surface area contributed by atoms with Crippen LogP contribution in [0.2, 0.25) is 0 Å². The summed E-state index contributed by atoms with van der Waals surface area (Å²) >= 11 is 0. The molecular weight excluding hydrogens is 284 g/mol. The summed E-state index contributed by atoms with van der Waals surface area (Å²) in [6.45, 7) is 4.29. The van der Waals surface area contributed by atoms with Crippen LogP contribution < -0.4 is 10.6 Å². The number of ether oxygens (including phenoxy) is 2. The van der Waals surface area contributed by atoms with E-state index in [0.29, 0.717) is 13.0 Å². The Morgan fingerprint density at radius 3 is 2.64 bits per heavy atom. The highest BCUT2D eigenvalue weighted by atomic mass is 16.6. The van der Waals surface area contributed by atoms with Gasteiger partial charge in [-0.15, -0.1) is 0 Å². The van der Waals surface area contributed by atoms with Gasteiger partial charge in [-0.2, -0.15) is 0 Å². The van der Waals surface area contributed by atoms with Gasteiger partial charge in [0.2, 0.25) is 0 Å². The van der Waals surface area contributed by atoms with Crippen LogP contribution in [0.3, 0.4) is 0 Å². The smallest absolute Gasteiger partial charge is 0.408 e. The van der Waals surface area contributed by atoms with Gasteiger partial charge in [0.05, 0.1) is 0 Å². The Balaban J connectivity index is 2.47. The molecular formula is C16H22N2O4. The van der Waals surface area contributed by atoms with E-state index in [1.54, 1.807) is 7.05 Å².